The molecule has 6 aromatic rings. The highest BCUT2D eigenvalue weighted by molar-refractivity contribution is 6.00. The van der Waals surface area contributed by atoms with Gasteiger partial charge in [0, 0.05) is 17.2 Å². The van der Waals surface area contributed by atoms with E-state index in [0.717, 1.165) is 24.2 Å². The normalized spacial score (nSPS) is 19.3. The van der Waals surface area contributed by atoms with Gasteiger partial charge in [0.2, 0.25) is 0 Å². The Labute approximate surface area is 275 Å². The van der Waals surface area contributed by atoms with Crippen molar-refractivity contribution in [1.82, 2.24) is 9.55 Å². The summed E-state index contributed by atoms with van der Waals surface area (Å²) in [5.74, 6) is 1.82. The fourth-order valence-electron chi connectivity index (χ4n) is 8.38. The predicted molar refractivity (Wildman–Crippen MR) is 194 cm³/mol. The molecule has 0 fully saturated rings. The Morgan fingerprint density at radius 2 is 1.45 bits per heavy atom. The van der Waals surface area contributed by atoms with Crippen LogP contribution in [0.2, 0.25) is 0 Å². The predicted octanol–water partition coefficient (Wildman–Crippen LogP) is 10.7. The minimum absolute atomic E-state index is 0.349. The highest BCUT2D eigenvalue weighted by Crippen LogP contribution is 2.53. The van der Waals surface area contributed by atoms with Gasteiger partial charge in [0.15, 0.2) is 0 Å². The fourth-order valence-corrected chi connectivity index (χ4v) is 8.38. The molecule has 0 saturated heterocycles. The van der Waals surface area contributed by atoms with Crippen molar-refractivity contribution in [2.75, 3.05) is 4.90 Å². The SMILES string of the molecule is C1=CC2=C(c3ccc4c(c3)N(c3ccccc3)Cn3c-4nc4ccccc43)C=C3c4ccccc4C(c4ccccc4)=CC3C2CC1. The lowest BCUT2D eigenvalue weighted by molar-refractivity contribution is 0.496. The van der Waals surface area contributed by atoms with E-state index in [-0.39, 0.29) is 0 Å². The Balaban J connectivity index is 1.17. The van der Waals surface area contributed by atoms with E-state index in [2.05, 4.69) is 161 Å². The van der Waals surface area contributed by atoms with Gasteiger partial charge in [-0.3, -0.25) is 0 Å². The molecular formula is C44H33N3. The van der Waals surface area contributed by atoms with Crippen molar-refractivity contribution in [1.29, 1.82) is 0 Å². The number of fused-ring (bicyclic) bond motifs is 10. The molecule has 0 N–H and O–H groups in total. The molecule has 0 spiro atoms. The first-order chi connectivity index (χ1) is 23.3. The summed E-state index contributed by atoms with van der Waals surface area (Å²) < 4.78 is 2.36. The lowest BCUT2D eigenvalue weighted by Gasteiger charge is -2.39. The van der Waals surface area contributed by atoms with Crippen LogP contribution in [-0.4, -0.2) is 9.55 Å². The monoisotopic (exact) mass is 603 g/mol. The summed E-state index contributed by atoms with van der Waals surface area (Å²) in [6, 6.07) is 46.3. The smallest absolute Gasteiger partial charge is 0.144 e. The Morgan fingerprint density at radius 3 is 2.32 bits per heavy atom. The number of allylic oxidation sites excluding steroid dienone is 7. The molecular weight excluding hydrogens is 571 g/mol. The van der Waals surface area contributed by atoms with Gasteiger partial charge in [-0.05, 0) is 106 Å². The zero-order valence-corrected chi connectivity index (χ0v) is 26.1. The minimum atomic E-state index is 0.349. The molecule has 4 aliphatic rings. The molecule has 3 heteroatoms. The summed E-state index contributed by atoms with van der Waals surface area (Å²) in [5.41, 5.74) is 16.6. The highest BCUT2D eigenvalue weighted by atomic mass is 15.3. The quantitative estimate of drug-likeness (QED) is 0.201. The van der Waals surface area contributed by atoms with Crippen LogP contribution in [0, 0.1) is 11.8 Å². The third kappa shape index (κ3) is 4.09. The number of aromatic nitrogens is 2. The zero-order chi connectivity index (χ0) is 30.9. The maximum absolute atomic E-state index is 5.14. The van der Waals surface area contributed by atoms with Crippen LogP contribution in [0.3, 0.4) is 0 Å². The van der Waals surface area contributed by atoms with Crippen LogP contribution < -0.4 is 4.90 Å². The number of imidazole rings is 1. The molecule has 0 bridgehead atoms. The van der Waals surface area contributed by atoms with Gasteiger partial charge in [-0.25, -0.2) is 4.98 Å². The van der Waals surface area contributed by atoms with Gasteiger partial charge >= 0.3 is 0 Å². The van der Waals surface area contributed by atoms with E-state index in [4.69, 9.17) is 4.98 Å². The van der Waals surface area contributed by atoms with Crippen molar-refractivity contribution in [3.8, 4) is 11.4 Å². The van der Waals surface area contributed by atoms with Crippen LogP contribution in [0.25, 0.3) is 39.1 Å². The fraction of sp³-hybridized carbons (Fsp3) is 0.114. The Bertz CT molecular complexity index is 2330. The van der Waals surface area contributed by atoms with Crippen LogP contribution in [0.5, 0.6) is 0 Å². The van der Waals surface area contributed by atoms with E-state index >= 15 is 0 Å². The van der Waals surface area contributed by atoms with E-state index in [1.165, 1.54) is 67.0 Å². The van der Waals surface area contributed by atoms with E-state index in [1.807, 2.05) is 0 Å². The number of rotatable bonds is 3. The molecule has 47 heavy (non-hydrogen) atoms. The molecule has 1 aliphatic heterocycles. The molecule has 3 nitrogen and oxygen atoms in total. The second kappa shape index (κ2) is 10.4. The van der Waals surface area contributed by atoms with Gasteiger partial charge in [-0.2, -0.15) is 0 Å². The van der Waals surface area contributed by atoms with Crippen LogP contribution in [0.15, 0.2) is 157 Å². The molecule has 2 atom stereocenters. The van der Waals surface area contributed by atoms with Crippen molar-refractivity contribution < 1.29 is 0 Å². The number of benzene rings is 5. The minimum Gasteiger partial charge on any atom is -0.322 e. The van der Waals surface area contributed by atoms with E-state index < -0.39 is 0 Å². The molecule has 0 saturated carbocycles. The lowest BCUT2D eigenvalue weighted by Crippen LogP contribution is -2.27. The van der Waals surface area contributed by atoms with Crippen LogP contribution in [0.1, 0.15) is 35.1 Å². The molecule has 0 radical (unpaired) electrons. The summed E-state index contributed by atoms with van der Waals surface area (Å²) >= 11 is 0. The lowest BCUT2D eigenvalue weighted by atomic mass is 9.64. The third-order valence-corrected chi connectivity index (χ3v) is 10.5. The van der Waals surface area contributed by atoms with Gasteiger partial charge in [0.05, 0.1) is 16.7 Å². The van der Waals surface area contributed by atoms with Crippen molar-refractivity contribution in [3.63, 3.8) is 0 Å². The molecule has 2 unspecified atom stereocenters. The maximum atomic E-state index is 5.14. The summed E-state index contributed by atoms with van der Waals surface area (Å²) in [6.07, 6.45) is 12.1. The van der Waals surface area contributed by atoms with Crippen molar-refractivity contribution >= 4 is 39.1 Å². The molecule has 5 aromatic carbocycles. The first-order valence-corrected chi connectivity index (χ1v) is 16.7. The molecule has 2 heterocycles. The van der Waals surface area contributed by atoms with Gasteiger partial charge in [0.25, 0.3) is 0 Å². The topological polar surface area (TPSA) is 21.1 Å². The van der Waals surface area contributed by atoms with Crippen molar-refractivity contribution in [2.24, 2.45) is 11.8 Å². The first kappa shape index (κ1) is 26.5. The largest absolute Gasteiger partial charge is 0.322 e. The van der Waals surface area contributed by atoms with Crippen molar-refractivity contribution in [3.05, 3.63) is 180 Å². The summed E-state index contributed by atoms with van der Waals surface area (Å²) in [5, 5.41) is 0. The Kier molecular flexibility index (Phi) is 5.89. The zero-order valence-electron chi connectivity index (χ0n) is 26.1. The standard InChI is InChI=1S/C44H33N3/c1-3-13-29(14-4-1)37-26-39-35-20-10-8-18-33(35)38(27-40(39)34-19-9-7-17-32(34)37)30-23-24-36-43(25-30)46(31-15-5-2-6-16-31)28-47-42-22-12-11-21-41(42)45-44(36)47/h1-9,11-19,21-27,35,39H,10,20,28H2. The second-order valence-corrected chi connectivity index (χ2v) is 13.1. The average molecular weight is 604 g/mol. The maximum Gasteiger partial charge on any atom is 0.144 e. The Morgan fingerprint density at radius 1 is 0.681 bits per heavy atom. The van der Waals surface area contributed by atoms with Gasteiger partial charge in [-0.1, -0.05) is 109 Å². The summed E-state index contributed by atoms with van der Waals surface area (Å²) in [7, 11) is 0. The summed E-state index contributed by atoms with van der Waals surface area (Å²) in [4.78, 5) is 7.58. The second-order valence-electron chi connectivity index (χ2n) is 13.1. The van der Waals surface area contributed by atoms with Gasteiger partial charge in [0.1, 0.15) is 12.5 Å². The number of anilines is 2. The van der Waals surface area contributed by atoms with E-state index in [0.29, 0.717) is 18.5 Å². The molecule has 3 aliphatic carbocycles. The molecule has 224 valence electrons. The van der Waals surface area contributed by atoms with E-state index in [1.54, 1.807) is 0 Å². The molecule has 10 rings (SSSR count). The third-order valence-electron chi connectivity index (χ3n) is 10.5. The van der Waals surface area contributed by atoms with Crippen LogP contribution >= 0.6 is 0 Å². The van der Waals surface area contributed by atoms with E-state index in [9.17, 15) is 0 Å². The number of nitrogens with zero attached hydrogens (tertiary/aromatic N) is 3. The van der Waals surface area contributed by atoms with Gasteiger partial charge < -0.3 is 9.47 Å². The average Bonchev–Trinajstić information content (AvgIpc) is 3.53. The number of hydrogen-bond donors (Lipinski definition) is 0. The molecule has 1 aromatic heterocycles. The van der Waals surface area contributed by atoms with Crippen molar-refractivity contribution in [2.45, 2.75) is 19.5 Å². The molecule has 0 amide bonds. The number of hydrogen-bond acceptors (Lipinski definition) is 2. The highest BCUT2D eigenvalue weighted by Gasteiger charge is 2.37. The number of para-hydroxylation sites is 3. The van der Waals surface area contributed by atoms with Gasteiger partial charge in [-0.15, -0.1) is 0 Å². The Hall–Kier alpha value is -5.67. The van der Waals surface area contributed by atoms with Crippen LogP contribution in [-0.2, 0) is 6.67 Å². The van der Waals surface area contributed by atoms with Crippen LogP contribution in [0.4, 0.5) is 11.4 Å². The summed E-state index contributed by atoms with van der Waals surface area (Å²) in [6.45, 7) is 0.717. The first-order valence-electron chi connectivity index (χ1n) is 16.7.